The molecule has 0 radical (unpaired) electrons. The minimum absolute atomic E-state index is 0.0454. The van der Waals surface area contributed by atoms with Crippen LogP contribution in [0.1, 0.15) is 51.9 Å². The van der Waals surface area contributed by atoms with E-state index in [9.17, 15) is 5.11 Å². The molecule has 122 valence electrons. The van der Waals surface area contributed by atoms with Gasteiger partial charge in [-0.05, 0) is 49.7 Å². The molecule has 0 amide bonds. The summed E-state index contributed by atoms with van der Waals surface area (Å²) in [6, 6.07) is 0. The Kier molecular flexibility index (Phi) is 4.90. The second kappa shape index (κ2) is 6.38. The van der Waals surface area contributed by atoms with Gasteiger partial charge in [0.1, 0.15) is 0 Å². The lowest BCUT2D eigenvalue weighted by Crippen LogP contribution is -2.54. The van der Waals surface area contributed by atoms with E-state index in [1.807, 2.05) is 11.8 Å². The van der Waals surface area contributed by atoms with Crippen LogP contribution in [0.15, 0.2) is 0 Å². The summed E-state index contributed by atoms with van der Waals surface area (Å²) in [7, 11) is 1.79. The molecular weight excluding hydrogens is 284 g/mol. The molecule has 1 saturated carbocycles. The normalized spacial score (nSPS) is 45.9. The van der Waals surface area contributed by atoms with Gasteiger partial charge in [0.25, 0.3) is 0 Å². The molecule has 2 saturated heterocycles. The van der Waals surface area contributed by atoms with Crippen molar-refractivity contribution in [3.8, 4) is 0 Å². The van der Waals surface area contributed by atoms with E-state index in [2.05, 4.69) is 6.92 Å². The Morgan fingerprint density at radius 3 is 2.81 bits per heavy atom. The highest BCUT2D eigenvalue weighted by Crippen LogP contribution is 2.46. The summed E-state index contributed by atoms with van der Waals surface area (Å²) in [6.45, 7) is 3.09. The minimum atomic E-state index is -0.336. The Bertz CT molecular complexity index is 356. The van der Waals surface area contributed by atoms with Crippen LogP contribution >= 0.6 is 11.8 Å². The summed E-state index contributed by atoms with van der Waals surface area (Å²) >= 11 is 2.00. The van der Waals surface area contributed by atoms with Gasteiger partial charge in [-0.3, -0.25) is 0 Å². The highest BCUT2D eigenvalue weighted by atomic mass is 32.2. The van der Waals surface area contributed by atoms with E-state index >= 15 is 0 Å². The Labute approximate surface area is 133 Å². The molecule has 1 N–H and O–H groups in total. The lowest BCUT2D eigenvalue weighted by molar-refractivity contribution is -0.177. The highest BCUT2D eigenvalue weighted by Gasteiger charge is 2.49. The third kappa shape index (κ3) is 3.15. The third-order valence-corrected chi connectivity index (χ3v) is 7.20. The first-order valence-electron chi connectivity index (χ1n) is 8.54. The van der Waals surface area contributed by atoms with E-state index in [4.69, 9.17) is 9.47 Å². The fourth-order valence-corrected chi connectivity index (χ4v) is 6.12. The van der Waals surface area contributed by atoms with Gasteiger partial charge in [0.2, 0.25) is 0 Å². The van der Waals surface area contributed by atoms with Crippen LogP contribution in [0.3, 0.4) is 0 Å². The van der Waals surface area contributed by atoms with Crippen LogP contribution in [0.2, 0.25) is 0 Å². The average Bonchev–Trinajstić information content (AvgIpc) is 2.94. The number of ether oxygens (including phenoxy) is 2. The Morgan fingerprint density at radius 1 is 1.29 bits per heavy atom. The van der Waals surface area contributed by atoms with E-state index in [1.54, 1.807) is 7.11 Å². The molecule has 3 rings (SSSR count). The SMILES string of the molecule is COC1(C(O)C2CCOC3(CCSC3)C2)CCCC(C)C1. The van der Waals surface area contributed by atoms with Crippen LogP contribution in [0.5, 0.6) is 0 Å². The van der Waals surface area contributed by atoms with Crippen LogP contribution in [0.25, 0.3) is 0 Å². The largest absolute Gasteiger partial charge is 0.390 e. The molecule has 2 heterocycles. The molecule has 5 atom stereocenters. The van der Waals surface area contributed by atoms with E-state index < -0.39 is 0 Å². The molecule has 5 unspecified atom stereocenters. The summed E-state index contributed by atoms with van der Waals surface area (Å²) in [5.41, 5.74) is -0.267. The van der Waals surface area contributed by atoms with Crippen molar-refractivity contribution in [3.63, 3.8) is 0 Å². The van der Waals surface area contributed by atoms with E-state index in [0.717, 1.165) is 44.5 Å². The monoisotopic (exact) mass is 314 g/mol. The smallest absolute Gasteiger partial charge is 0.0941 e. The van der Waals surface area contributed by atoms with E-state index in [0.29, 0.717) is 11.8 Å². The van der Waals surface area contributed by atoms with Gasteiger partial charge in [-0.1, -0.05) is 19.8 Å². The maximum Gasteiger partial charge on any atom is 0.0941 e. The zero-order valence-corrected chi connectivity index (χ0v) is 14.3. The molecule has 3 nitrogen and oxygen atoms in total. The van der Waals surface area contributed by atoms with Crippen LogP contribution in [0, 0.1) is 11.8 Å². The van der Waals surface area contributed by atoms with Gasteiger partial charge in [-0.2, -0.15) is 11.8 Å². The number of rotatable bonds is 3. The minimum Gasteiger partial charge on any atom is -0.390 e. The van der Waals surface area contributed by atoms with Crippen molar-refractivity contribution in [2.45, 2.75) is 69.2 Å². The number of aliphatic hydroxyl groups excluding tert-OH is 1. The zero-order valence-electron chi connectivity index (χ0n) is 13.5. The van der Waals surface area contributed by atoms with Crippen molar-refractivity contribution in [1.29, 1.82) is 0 Å². The van der Waals surface area contributed by atoms with Crippen molar-refractivity contribution in [3.05, 3.63) is 0 Å². The van der Waals surface area contributed by atoms with Gasteiger partial charge >= 0.3 is 0 Å². The second-order valence-electron chi connectivity index (χ2n) is 7.50. The van der Waals surface area contributed by atoms with Crippen molar-refractivity contribution >= 4 is 11.8 Å². The molecule has 3 fully saturated rings. The maximum atomic E-state index is 11.1. The Balaban J connectivity index is 1.72. The number of methoxy groups -OCH3 is 1. The summed E-state index contributed by atoms with van der Waals surface area (Å²) in [4.78, 5) is 0. The average molecular weight is 314 g/mol. The van der Waals surface area contributed by atoms with Crippen LogP contribution in [-0.4, -0.2) is 47.6 Å². The fraction of sp³-hybridized carbons (Fsp3) is 1.00. The second-order valence-corrected chi connectivity index (χ2v) is 8.61. The quantitative estimate of drug-likeness (QED) is 0.868. The lowest BCUT2D eigenvalue weighted by atomic mass is 9.69. The van der Waals surface area contributed by atoms with Gasteiger partial charge in [0, 0.05) is 19.5 Å². The van der Waals surface area contributed by atoms with E-state index in [-0.39, 0.29) is 17.3 Å². The number of hydrogen-bond acceptors (Lipinski definition) is 4. The summed E-state index contributed by atoms with van der Waals surface area (Å²) < 4.78 is 12.0. The van der Waals surface area contributed by atoms with Crippen molar-refractivity contribution in [1.82, 2.24) is 0 Å². The number of thioether (sulfide) groups is 1. The number of hydrogen-bond donors (Lipinski definition) is 1. The lowest BCUT2D eigenvalue weighted by Gasteiger charge is -2.48. The standard InChI is InChI=1S/C17H30O3S/c1-13-4-3-6-17(10-13,19-2)15(18)14-5-8-20-16(11-14)7-9-21-12-16/h13-15,18H,3-12H2,1-2H3. The molecule has 21 heavy (non-hydrogen) atoms. The van der Waals surface area contributed by atoms with Gasteiger partial charge in [-0.25, -0.2) is 0 Å². The summed E-state index contributed by atoms with van der Waals surface area (Å²) in [5.74, 6) is 3.30. The highest BCUT2D eigenvalue weighted by molar-refractivity contribution is 7.99. The first kappa shape index (κ1) is 16.1. The molecule has 0 aromatic carbocycles. The number of aliphatic hydroxyl groups is 1. The van der Waals surface area contributed by atoms with Gasteiger partial charge < -0.3 is 14.6 Å². The molecule has 0 aromatic rings. The van der Waals surface area contributed by atoms with Gasteiger partial charge in [0.15, 0.2) is 0 Å². The molecular formula is C17H30O3S. The Hall–Kier alpha value is 0.230. The molecule has 2 aliphatic heterocycles. The predicted molar refractivity (Wildman–Crippen MR) is 86.7 cm³/mol. The molecule has 1 aliphatic carbocycles. The van der Waals surface area contributed by atoms with Gasteiger partial charge in [0.05, 0.1) is 17.3 Å². The van der Waals surface area contributed by atoms with Crippen LogP contribution < -0.4 is 0 Å². The van der Waals surface area contributed by atoms with Crippen molar-refractivity contribution in [2.75, 3.05) is 25.2 Å². The van der Waals surface area contributed by atoms with Crippen LogP contribution in [0.4, 0.5) is 0 Å². The maximum absolute atomic E-state index is 11.1. The predicted octanol–water partition coefficient (Wildman–Crippen LogP) is 3.24. The zero-order chi connectivity index (χ0) is 14.9. The topological polar surface area (TPSA) is 38.7 Å². The third-order valence-electron chi connectivity index (χ3n) is 5.98. The van der Waals surface area contributed by atoms with E-state index in [1.165, 1.54) is 18.6 Å². The molecule has 0 bridgehead atoms. The fourth-order valence-electron chi connectivity index (χ4n) is 4.75. The van der Waals surface area contributed by atoms with Gasteiger partial charge in [-0.15, -0.1) is 0 Å². The summed E-state index contributed by atoms with van der Waals surface area (Å²) in [5, 5.41) is 11.1. The molecule has 4 heteroatoms. The molecule has 1 spiro atoms. The first-order valence-corrected chi connectivity index (χ1v) is 9.70. The first-order chi connectivity index (χ1) is 10.1. The Morgan fingerprint density at radius 2 is 2.14 bits per heavy atom. The summed E-state index contributed by atoms with van der Waals surface area (Å²) in [6.07, 6.45) is 7.27. The van der Waals surface area contributed by atoms with Crippen molar-refractivity contribution in [2.24, 2.45) is 11.8 Å². The van der Waals surface area contributed by atoms with Crippen LogP contribution in [-0.2, 0) is 9.47 Å². The molecule has 0 aromatic heterocycles. The molecule has 3 aliphatic rings. The van der Waals surface area contributed by atoms with Crippen molar-refractivity contribution < 1.29 is 14.6 Å².